The van der Waals surface area contributed by atoms with Crippen LogP contribution in [0.5, 0.6) is 0 Å². The first-order valence-corrected chi connectivity index (χ1v) is 9.34. The van der Waals surface area contributed by atoms with Crippen molar-refractivity contribution in [2.45, 2.75) is 11.4 Å². The molecule has 3 N–H and O–H groups in total. The molecule has 0 spiro atoms. The molecule has 0 radical (unpaired) electrons. The van der Waals surface area contributed by atoms with Gasteiger partial charge < -0.3 is 4.98 Å². The third-order valence-electron chi connectivity index (χ3n) is 4.07. The van der Waals surface area contributed by atoms with E-state index in [1.54, 1.807) is 18.3 Å². The number of aromatic amines is 2. The van der Waals surface area contributed by atoms with E-state index in [2.05, 4.69) is 24.9 Å². The van der Waals surface area contributed by atoms with Crippen molar-refractivity contribution in [3.8, 4) is 11.4 Å². The third-order valence-corrected chi connectivity index (χ3v) is 5.45. The molecular weight excluding hydrogens is 376 g/mol. The van der Waals surface area contributed by atoms with E-state index in [-0.39, 0.29) is 10.5 Å². The SMILES string of the molecule is O=S(=O)(NCc1c(F)cccc1F)c1c[nH]c(-c2[nH]nc3ncccc23)c1. The highest BCUT2D eigenvalue weighted by Crippen LogP contribution is 2.26. The van der Waals surface area contributed by atoms with Gasteiger partial charge in [0.1, 0.15) is 16.5 Å². The van der Waals surface area contributed by atoms with Crippen LogP contribution >= 0.6 is 0 Å². The molecule has 0 fully saturated rings. The molecule has 7 nitrogen and oxygen atoms in total. The molecule has 0 aliphatic carbocycles. The number of fused-ring (bicyclic) bond motifs is 1. The van der Waals surface area contributed by atoms with Gasteiger partial charge in [0.15, 0.2) is 5.65 Å². The monoisotopic (exact) mass is 389 g/mol. The summed E-state index contributed by atoms with van der Waals surface area (Å²) in [6.45, 7) is -0.502. The number of nitrogens with zero attached hydrogens (tertiary/aromatic N) is 2. The maximum absolute atomic E-state index is 13.7. The summed E-state index contributed by atoms with van der Waals surface area (Å²) in [5.74, 6) is -1.63. The van der Waals surface area contributed by atoms with Crippen molar-refractivity contribution in [1.82, 2.24) is 24.9 Å². The van der Waals surface area contributed by atoms with Crippen LogP contribution in [0.1, 0.15) is 5.56 Å². The van der Waals surface area contributed by atoms with E-state index >= 15 is 0 Å². The van der Waals surface area contributed by atoms with Crippen LogP contribution in [0.25, 0.3) is 22.4 Å². The molecule has 0 unspecified atom stereocenters. The number of hydrogen-bond donors (Lipinski definition) is 3. The van der Waals surface area contributed by atoms with Crippen molar-refractivity contribution in [1.29, 1.82) is 0 Å². The zero-order chi connectivity index (χ0) is 19.0. The summed E-state index contributed by atoms with van der Waals surface area (Å²) in [7, 11) is -3.98. The lowest BCUT2D eigenvalue weighted by Crippen LogP contribution is -2.24. The number of sulfonamides is 1. The molecule has 1 aromatic carbocycles. The van der Waals surface area contributed by atoms with Gasteiger partial charge in [-0.1, -0.05) is 6.07 Å². The van der Waals surface area contributed by atoms with E-state index in [0.717, 1.165) is 17.5 Å². The van der Waals surface area contributed by atoms with Gasteiger partial charge in [-0.25, -0.2) is 26.9 Å². The number of rotatable bonds is 5. The molecule has 0 aliphatic heterocycles. The van der Waals surface area contributed by atoms with Gasteiger partial charge in [-0.05, 0) is 30.3 Å². The average Bonchev–Trinajstić information content (AvgIpc) is 3.28. The molecule has 4 aromatic rings. The predicted octanol–water partition coefficient (Wildman–Crippen LogP) is 2.71. The first-order chi connectivity index (χ1) is 13.0. The van der Waals surface area contributed by atoms with E-state index in [0.29, 0.717) is 17.0 Å². The van der Waals surface area contributed by atoms with Gasteiger partial charge in [-0.3, -0.25) is 5.10 Å². The Morgan fingerprint density at radius 2 is 1.89 bits per heavy atom. The number of aromatic nitrogens is 4. The van der Waals surface area contributed by atoms with Gasteiger partial charge in [0.05, 0.1) is 11.4 Å². The van der Waals surface area contributed by atoms with Crippen molar-refractivity contribution >= 4 is 21.1 Å². The Hall–Kier alpha value is -3.11. The second-order valence-electron chi connectivity index (χ2n) is 5.75. The standard InChI is InChI=1S/C17H13F2N5O2S/c18-13-4-1-5-14(19)12(13)9-22-27(25,26)10-7-15(21-8-10)16-11-3-2-6-20-17(11)24-23-16/h1-8,21-22H,9H2,(H,20,23,24). The van der Waals surface area contributed by atoms with E-state index < -0.39 is 28.2 Å². The minimum absolute atomic E-state index is 0.0686. The lowest BCUT2D eigenvalue weighted by Gasteiger charge is -2.07. The summed E-state index contributed by atoms with van der Waals surface area (Å²) in [6.07, 6.45) is 2.89. The molecule has 27 heavy (non-hydrogen) atoms. The molecule has 0 saturated heterocycles. The summed E-state index contributed by atoms with van der Waals surface area (Å²) in [5, 5.41) is 7.59. The number of pyridine rings is 1. The predicted molar refractivity (Wildman–Crippen MR) is 94.1 cm³/mol. The maximum Gasteiger partial charge on any atom is 0.242 e. The summed E-state index contributed by atoms with van der Waals surface area (Å²) in [4.78, 5) is 6.90. The minimum atomic E-state index is -3.98. The number of benzene rings is 1. The van der Waals surface area contributed by atoms with Gasteiger partial charge in [-0.15, -0.1) is 0 Å². The van der Waals surface area contributed by atoms with Crippen molar-refractivity contribution in [2.24, 2.45) is 0 Å². The summed E-state index contributed by atoms with van der Waals surface area (Å²) < 4.78 is 54.5. The molecule has 10 heteroatoms. The van der Waals surface area contributed by atoms with Gasteiger partial charge in [0.2, 0.25) is 10.0 Å². The number of halogens is 2. The van der Waals surface area contributed by atoms with Gasteiger partial charge in [0, 0.05) is 29.9 Å². The van der Waals surface area contributed by atoms with Crippen LogP contribution in [0.4, 0.5) is 8.78 Å². The van der Waals surface area contributed by atoms with E-state index in [9.17, 15) is 17.2 Å². The van der Waals surface area contributed by atoms with Crippen molar-refractivity contribution in [3.63, 3.8) is 0 Å². The minimum Gasteiger partial charge on any atom is -0.359 e. The highest BCUT2D eigenvalue weighted by Gasteiger charge is 2.19. The largest absolute Gasteiger partial charge is 0.359 e. The summed E-state index contributed by atoms with van der Waals surface area (Å²) >= 11 is 0. The Morgan fingerprint density at radius 1 is 1.11 bits per heavy atom. The zero-order valence-electron chi connectivity index (χ0n) is 13.7. The molecular formula is C17H13F2N5O2S. The molecule has 0 bridgehead atoms. The van der Waals surface area contributed by atoms with Crippen molar-refractivity contribution in [2.75, 3.05) is 0 Å². The summed E-state index contributed by atoms with van der Waals surface area (Å²) in [5.41, 5.74) is 1.23. The van der Waals surface area contributed by atoms with Crippen LogP contribution in [0.3, 0.4) is 0 Å². The third kappa shape index (κ3) is 3.20. The molecule has 0 atom stereocenters. The van der Waals surface area contributed by atoms with Gasteiger partial charge in [0.25, 0.3) is 0 Å². The fourth-order valence-electron chi connectivity index (χ4n) is 2.68. The summed E-state index contributed by atoms with van der Waals surface area (Å²) in [6, 6.07) is 8.30. The van der Waals surface area contributed by atoms with E-state index in [1.165, 1.54) is 18.3 Å². The van der Waals surface area contributed by atoms with Crippen LogP contribution in [0, 0.1) is 11.6 Å². The Kier molecular flexibility index (Phi) is 4.21. The van der Waals surface area contributed by atoms with Crippen molar-refractivity contribution in [3.05, 3.63) is 66.0 Å². The number of hydrogen-bond acceptors (Lipinski definition) is 4. The van der Waals surface area contributed by atoms with E-state index in [4.69, 9.17) is 0 Å². The molecule has 3 aromatic heterocycles. The van der Waals surface area contributed by atoms with Crippen LogP contribution in [-0.2, 0) is 16.6 Å². The smallest absolute Gasteiger partial charge is 0.242 e. The molecule has 0 saturated carbocycles. The first-order valence-electron chi connectivity index (χ1n) is 7.86. The molecule has 0 aliphatic rings. The molecule has 3 heterocycles. The molecule has 138 valence electrons. The number of H-pyrrole nitrogens is 2. The van der Waals surface area contributed by atoms with E-state index in [1.807, 2.05) is 0 Å². The zero-order valence-corrected chi connectivity index (χ0v) is 14.5. The number of nitrogens with one attached hydrogen (secondary N) is 3. The van der Waals surface area contributed by atoms with Crippen molar-refractivity contribution < 1.29 is 17.2 Å². The second kappa shape index (κ2) is 6.56. The van der Waals surface area contributed by atoms with Crippen LogP contribution in [-0.4, -0.2) is 28.6 Å². The topological polar surface area (TPSA) is 104 Å². The van der Waals surface area contributed by atoms with Gasteiger partial charge in [-0.2, -0.15) is 5.10 Å². The molecule has 0 amide bonds. The fraction of sp³-hybridized carbons (Fsp3) is 0.0588. The normalized spacial score (nSPS) is 11.9. The van der Waals surface area contributed by atoms with Crippen LogP contribution < -0.4 is 4.72 Å². The van der Waals surface area contributed by atoms with Crippen LogP contribution in [0.2, 0.25) is 0 Å². The van der Waals surface area contributed by atoms with Crippen LogP contribution in [0.15, 0.2) is 53.7 Å². The highest BCUT2D eigenvalue weighted by atomic mass is 32.2. The average molecular weight is 389 g/mol. The highest BCUT2D eigenvalue weighted by molar-refractivity contribution is 7.89. The first kappa shape index (κ1) is 17.3. The lowest BCUT2D eigenvalue weighted by molar-refractivity contribution is 0.544. The lowest BCUT2D eigenvalue weighted by atomic mass is 10.2. The Labute approximate surface area is 152 Å². The molecule has 4 rings (SSSR count). The Balaban J connectivity index is 1.60. The Bertz CT molecular complexity index is 1210. The second-order valence-corrected chi connectivity index (χ2v) is 7.51. The Morgan fingerprint density at radius 3 is 2.67 bits per heavy atom. The maximum atomic E-state index is 13.7. The fourth-order valence-corrected chi connectivity index (χ4v) is 3.67. The quantitative estimate of drug-likeness (QED) is 0.488. The van der Waals surface area contributed by atoms with Gasteiger partial charge >= 0.3 is 0 Å².